The summed E-state index contributed by atoms with van der Waals surface area (Å²) in [5.41, 5.74) is 0.947. The van der Waals surface area contributed by atoms with Crippen molar-refractivity contribution in [2.45, 2.75) is 71.0 Å². The number of carboxylic acid groups (broad SMARTS) is 1. The van der Waals surface area contributed by atoms with Gasteiger partial charge in [0.1, 0.15) is 12.1 Å². The number of halogens is 2. The van der Waals surface area contributed by atoms with Crippen LogP contribution in [0.5, 0.6) is 0 Å². The third-order valence-electron chi connectivity index (χ3n) is 7.51. The quantitative estimate of drug-likeness (QED) is 0.273. The summed E-state index contributed by atoms with van der Waals surface area (Å²) in [6, 6.07) is 10.7. The highest BCUT2D eigenvalue weighted by Crippen LogP contribution is 2.41. The van der Waals surface area contributed by atoms with Gasteiger partial charge in [-0.05, 0) is 48.3 Å². The fourth-order valence-electron chi connectivity index (χ4n) is 5.55. The van der Waals surface area contributed by atoms with Gasteiger partial charge < -0.3 is 20.8 Å². The van der Waals surface area contributed by atoms with Crippen molar-refractivity contribution in [3.8, 4) is 11.1 Å². The molecular weight excluding hydrogens is 532 g/mol. The van der Waals surface area contributed by atoms with Crippen LogP contribution in [0.15, 0.2) is 54.6 Å². The molecule has 1 saturated heterocycles. The minimum absolute atomic E-state index is 0.0104. The number of amides is 3. The number of aliphatic hydroxyl groups is 1. The predicted molar refractivity (Wildman–Crippen MR) is 152 cm³/mol. The summed E-state index contributed by atoms with van der Waals surface area (Å²) in [6.07, 6.45) is -0.945. The molecular formula is C31H41F2N3O5. The number of carbonyl (C=O) groups excluding carboxylic acids is 2. The molecule has 2 aromatic carbocycles. The van der Waals surface area contributed by atoms with E-state index >= 15 is 8.78 Å². The Labute approximate surface area is 240 Å². The van der Waals surface area contributed by atoms with Crippen molar-refractivity contribution in [2.24, 2.45) is 17.8 Å². The number of aliphatic hydroxyl groups excluding tert-OH is 1. The summed E-state index contributed by atoms with van der Waals surface area (Å²) < 4.78 is 32.9. The molecule has 10 heteroatoms. The van der Waals surface area contributed by atoms with Gasteiger partial charge in [-0.15, -0.1) is 0 Å². The molecule has 0 bridgehead atoms. The number of carbonyl (C=O) groups is 3. The molecule has 3 amide bonds. The molecule has 224 valence electrons. The highest BCUT2D eigenvalue weighted by atomic mass is 19.3. The van der Waals surface area contributed by atoms with Crippen LogP contribution in [0.3, 0.4) is 0 Å². The molecule has 4 N–H and O–H groups in total. The van der Waals surface area contributed by atoms with Gasteiger partial charge in [0.15, 0.2) is 0 Å². The monoisotopic (exact) mass is 573 g/mol. The number of nitrogens with one attached hydrogen (secondary N) is 2. The first-order valence-corrected chi connectivity index (χ1v) is 14.1. The third-order valence-corrected chi connectivity index (χ3v) is 7.51. The molecule has 1 fully saturated rings. The van der Waals surface area contributed by atoms with E-state index in [0.717, 1.165) is 5.56 Å². The van der Waals surface area contributed by atoms with Gasteiger partial charge in [0.25, 0.3) is 5.92 Å². The van der Waals surface area contributed by atoms with Gasteiger partial charge in [-0.1, -0.05) is 76.2 Å². The largest absolute Gasteiger partial charge is 0.465 e. The van der Waals surface area contributed by atoms with E-state index in [-0.39, 0.29) is 30.2 Å². The zero-order valence-electron chi connectivity index (χ0n) is 24.0. The smallest absolute Gasteiger partial charge is 0.408 e. The Hall–Kier alpha value is -3.53. The van der Waals surface area contributed by atoms with Gasteiger partial charge in [0, 0.05) is 18.0 Å². The zero-order chi connectivity index (χ0) is 30.3. The highest BCUT2D eigenvalue weighted by Gasteiger charge is 2.51. The van der Waals surface area contributed by atoms with E-state index in [1.165, 1.54) is 32.0 Å². The Bertz CT molecular complexity index is 1190. The number of nitrogens with zero attached hydrogens (tertiary/aromatic N) is 1. The maximum Gasteiger partial charge on any atom is 0.408 e. The summed E-state index contributed by atoms with van der Waals surface area (Å²) in [6.45, 7) is 6.59. The van der Waals surface area contributed by atoms with Gasteiger partial charge in [0.2, 0.25) is 11.8 Å². The number of hydrogen-bond donors (Lipinski definition) is 4. The third kappa shape index (κ3) is 7.81. The standard InChI is InChI=1S/C31H41F2N3O5/c1-19(2)15-26(29(39)35-25(18-37)17-23-13-14-34-28(23)38)36(30(40)41)27(20(3)4)31(32,33)24-12-8-11-22(16-24)21-9-6-5-7-10-21/h5-12,16,19-20,23,25-27,37H,13-15,17-18H2,1-4H3,(H,34,38)(H,35,39)(H,40,41)/t23-,25-,26-,27+/m0/s1. The van der Waals surface area contributed by atoms with Crippen LogP contribution in [0.1, 0.15) is 52.5 Å². The summed E-state index contributed by atoms with van der Waals surface area (Å²) in [5, 5.41) is 25.6. The van der Waals surface area contributed by atoms with Crippen LogP contribution >= 0.6 is 0 Å². The van der Waals surface area contributed by atoms with Crippen molar-refractivity contribution in [2.75, 3.05) is 13.2 Å². The van der Waals surface area contributed by atoms with E-state index < -0.39 is 54.5 Å². The summed E-state index contributed by atoms with van der Waals surface area (Å²) >= 11 is 0. The number of rotatable bonds is 13. The highest BCUT2D eigenvalue weighted by molar-refractivity contribution is 5.86. The lowest BCUT2D eigenvalue weighted by molar-refractivity contribution is -0.138. The van der Waals surface area contributed by atoms with Crippen LogP contribution in [0.2, 0.25) is 0 Å². The van der Waals surface area contributed by atoms with Gasteiger partial charge in [-0.2, -0.15) is 8.78 Å². The van der Waals surface area contributed by atoms with Gasteiger partial charge in [0.05, 0.1) is 12.6 Å². The van der Waals surface area contributed by atoms with E-state index in [9.17, 15) is 24.6 Å². The number of hydrogen-bond acceptors (Lipinski definition) is 4. The first-order chi connectivity index (χ1) is 19.4. The lowest BCUT2D eigenvalue weighted by atomic mass is 9.87. The Morgan fingerprint density at radius 1 is 1.07 bits per heavy atom. The van der Waals surface area contributed by atoms with E-state index in [2.05, 4.69) is 10.6 Å². The van der Waals surface area contributed by atoms with Gasteiger partial charge in [-0.3, -0.25) is 14.5 Å². The van der Waals surface area contributed by atoms with Crippen LogP contribution in [0, 0.1) is 17.8 Å². The Morgan fingerprint density at radius 3 is 2.27 bits per heavy atom. The summed E-state index contributed by atoms with van der Waals surface area (Å²) in [4.78, 5) is 39.0. The SMILES string of the molecule is CC(C)C[C@@H](C(=O)N[C@H](CO)C[C@@H]1CCNC1=O)N(C(=O)O)[C@H](C(C)C)C(F)(F)c1cccc(-c2ccccc2)c1. The minimum Gasteiger partial charge on any atom is -0.465 e. The topological polar surface area (TPSA) is 119 Å². The van der Waals surface area contributed by atoms with Crippen molar-refractivity contribution >= 4 is 17.9 Å². The molecule has 0 radical (unpaired) electrons. The molecule has 1 heterocycles. The van der Waals surface area contributed by atoms with E-state index in [0.29, 0.717) is 23.4 Å². The van der Waals surface area contributed by atoms with Crippen LogP contribution in [0.25, 0.3) is 11.1 Å². The molecule has 8 nitrogen and oxygen atoms in total. The molecule has 2 aromatic rings. The Balaban J connectivity index is 1.98. The lowest BCUT2D eigenvalue weighted by Crippen LogP contribution is -2.61. The van der Waals surface area contributed by atoms with E-state index in [1.54, 1.807) is 44.2 Å². The Kier molecular flexibility index (Phi) is 10.8. The summed E-state index contributed by atoms with van der Waals surface area (Å²) in [7, 11) is 0. The lowest BCUT2D eigenvalue weighted by Gasteiger charge is -2.42. The maximum atomic E-state index is 16.5. The van der Waals surface area contributed by atoms with Crippen LogP contribution in [-0.2, 0) is 15.5 Å². The predicted octanol–water partition coefficient (Wildman–Crippen LogP) is 4.87. The van der Waals surface area contributed by atoms with Crippen LogP contribution < -0.4 is 10.6 Å². The summed E-state index contributed by atoms with van der Waals surface area (Å²) in [5.74, 6) is -6.08. The molecule has 1 aliphatic rings. The molecule has 3 rings (SSSR count). The van der Waals surface area contributed by atoms with Crippen molar-refractivity contribution in [1.29, 1.82) is 0 Å². The fraction of sp³-hybridized carbons (Fsp3) is 0.516. The normalized spacial score (nSPS) is 17.7. The molecule has 0 aromatic heterocycles. The molecule has 41 heavy (non-hydrogen) atoms. The molecule has 1 aliphatic heterocycles. The second-order valence-electron chi connectivity index (χ2n) is 11.5. The van der Waals surface area contributed by atoms with Crippen molar-refractivity contribution < 1.29 is 33.4 Å². The number of alkyl halides is 2. The second kappa shape index (κ2) is 13.9. The van der Waals surface area contributed by atoms with Crippen molar-refractivity contribution in [3.05, 3.63) is 60.2 Å². The number of benzene rings is 2. The molecule has 4 atom stereocenters. The first kappa shape index (κ1) is 32.0. The average Bonchev–Trinajstić information content (AvgIpc) is 3.33. The molecule has 0 unspecified atom stereocenters. The van der Waals surface area contributed by atoms with Crippen molar-refractivity contribution in [3.63, 3.8) is 0 Å². The van der Waals surface area contributed by atoms with Gasteiger partial charge in [-0.25, -0.2) is 4.79 Å². The van der Waals surface area contributed by atoms with E-state index in [1.807, 2.05) is 6.07 Å². The second-order valence-corrected chi connectivity index (χ2v) is 11.5. The Morgan fingerprint density at radius 2 is 1.73 bits per heavy atom. The van der Waals surface area contributed by atoms with Crippen LogP contribution in [0.4, 0.5) is 13.6 Å². The molecule has 0 saturated carbocycles. The first-order valence-electron chi connectivity index (χ1n) is 14.1. The van der Waals surface area contributed by atoms with Gasteiger partial charge >= 0.3 is 6.09 Å². The molecule has 0 spiro atoms. The molecule has 0 aliphatic carbocycles. The zero-order valence-corrected chi connectivity index (χ0v) is 24.0. The fourth-order valence-corrected chi connectivity index (χ4v) is 5.55. The minimum atomic E-state index is -3.65. The average molecular weight is 574 g/mol. The van der Waals surface area contributed by atoms with E-state index in [4.69, 9.17) is 0 Å². The van der Waals surface area contributed by atoms with Crippen molar-refractivity contribution in [1.82, 2.24) is 15.5 Å². The van der Waals surface area contributed by atoms with Crippen LogP contribution in [-0.4, -0.2) is 64.3 Å². The maximum absolute atomic E-state index is 16.5.